The van der Waals surface area contributed by atoms with E-state index in [1.54, 1.807) is 7.11 Å². The summed E-state index contributed by atoms with van der Waals surface area (Å²) in [6.45, 7) is 2.58. The van der Waals surface area contributed by atoms with E-state index in [2.05, 4.69) is 10.6 Å². The zero-order valence-corrected chi connectivity index (χ0v) is 20.7. The molecule has 1 aliphatic rings. The Balaban J connectivity index is 1.49. The Morgan fingerprint density at radius 1 is 1.00 bits per heavy atom. The Bertz CT molecular complexity index is 915. The molecule has 3 rings (SSSR count). The van der Waals surface area contributed by atoms with E-state index in [4.69, 9.17) is 4.74 Å². The van der Waals surface area contributed by atoms with Gasteiger partial charge in [-0.1, -0.05) is 42.5 Å². The molecule has 1 aliphatic heterocycles. The first-order chi connectivity index (χ1) is 17.0. The second-order valence-electron chi connectivity index (χ2n) is 9.21. The second-order valence-corrected chi connectivity index (χ2v) is 9.21. The lowest BCUT2D eigenvalue weighted by Crippen LogP contribution is -2.48. The summed E-state index contributed by atoms with van der Waals surface area (Å²) in [4.78, 5) is 27.0. The number of ether oxygens (including phenoxy) is 1. The van der Waals surface area contributed by atoms with E-state index in [9.17, 15) is 14.7 Å². The second kappa shape index (κ2) is 14.5. The molecule has 1 heterocycles. The lowest BCUT2D eigenvalue weighted by molar-refractivity contribution is -0.132. The Labute approximate surface area is 208 Å². The largest absolute Gasteiger partial charge is 0.497 e. The number of aliphatic hydroxyl groups excluding tert-OH is 1. The Morgan fingerprint density at radius 2 is 1.74 bits per heavy atom. The van der Waals surface area contributed by atoms with Gasteiger partial charge in [0.25, 0.3) is 0 Å². The van der Waals surface area contributed by atoms with Gasteiger partial charge in [0, 0.05) is 39.0 Å². The van der Waals surface area contributed by atoms with Crippen LogP contribution in [0.5, 0.6) is 5.75 Å². The Morgan fingerprint density at radius 3 is 2.49 bits per heavy atom. The predicted molar refractivity (Wildman–Crippen MR) is 137 cm³/mol. The highest BCUT2D eigenvalue weighted by Gasteiger charge is 2.22. The summed E-state index contributed by atoms with van der Waals surface area (Å²) in [5.74, 6) is 0.794. The molecule has 0 bridgehead atoms. The highest BCUT2D eigenvalue weighted by atomic mass is 16.5. The highest BCUT2D eigenvalue weighted by molar-refractivity contribution is 5.79. The molecule has 35 heavy (non-hydrogen) atoms. The van der Waals surface area contributed by atoms with Crippen molar-refractivity contribution in [1.82, 2.24) is 15.5 Å². The Kier molecular flexibility index (Phi) is 11.1. The van der Waals surface area contributed by atoms with Crippen LogP contribution >= 0.6 is 0 Å². The third-order valence-corrected chi connectivity index (χ3v) is 6.43. The van der Waals surface area contributed by atoms with Gasteiger partial charge in [-0.25, -0.2) is 0 Å². The van der Waals surface area contributed by atoms with Crippen LogP contribution in [-0.4, -0.2) is 60.7 Å². The first kappa shape index (κ1) is 26.7. The summed E-state index contributed by atoms with van der Waals surface area (Å²) in [7, 11) is 1.64. The van der Waals surface area contributed by atoms with Crippen molar-refractivity contribution < 1.29 is 19.4 Å². The van der Waals surface area contributed by atoms with Crippen molar-refractivity contribution in [3.8, 4) is 5.75 Å². The molecule has 0 spiro atoms. The standard InChI is InChI=1S/C28H39N3O4/c1-35-24-13-8-12-23(18-24)20-29-21-26(32)25(19-22-10-4-2-5-11-22)30-27(33)14-9-15-28(34)31-16-6-3-7-17-31/h2,4-5,8,10-13,18,25-26,29,32H,3,6-7,9,14-17,19-21H2,1H3,(H,30,33)/t25-,26+/m0/s1. The van der Waals surface area contributed by atoms with E-state index >= 15 is 0 Å². The summed E-state index contributed by atoms with van der Waals surface area (Å²) < 4.78 is 5.26. The van der Waals surface area contributed by atoms with Crippen molar-refractivity contribution in [1.29, 1.82) is 0 Å². The highest BCUT2D eigenvalue weighted by Crippen LogP contribution is 2.13. The number of hydrogen-bond acceptors (Lipinski definition) is 5. The van der Waals surface area contributed by atoms with E-state index < -0.39 is 12.1 Å². The van der Waals surface area contributed by atoms with Crippen LogP contribution in [0.4, 0.5) is 0 Å². The molecule has 1 saturated heterocycles. The first-order valence-electron chi connectivity index (χ1n) is 12.7. The molecule has 2 aromatic carbocycles. The smallest absolute Gasteiger partial charge is 0.222 e. The number of piperidine rings is 1. The summed E-state index contributed by atoms with van der Waals surface area (Å²) in [5, 5.41) is 17.2. The van der Waals surface area contributed by atoms with Gasteiger partial charge in [-0.2, -0.15) is 0 Å². The molecule has 0 aromatic heterocycles. The number of nitrogens with zero attached hydrogens (tertiary/aromatic N) is 1. The van der Waals surface area contributed by atoms with Crippen LogP contribution in [-0.2, 0) is 22.6 Å². The summed E-state index contributed by atoms with van der Waals surface area (Å²) in [6, 6.07) is 17.2. The maximum absolute atomic E-state index is 12.7. The number of carbonyl (C=O) groups excluding carboxylic acids is 2. The molecule has 0 aliphatic carbocycles. The molecule has 0 saturated carbocycles. The van der Waals surface area contributed by atoms with Crippen molar-refractivity contribution >= 4 is 11.8 Å². The normalized spacial score (nSPS) is 15.3. The maximum atomic E-state index is 12.7. The fraction of sp³-hybridized carbons (Fsp3) is 0.500. The molecule has 2 atom stereocenters. The van der Waals surface area contributed by atoms with Gasteiger partial charge in [-0.15, -0.1) is 0 Å². The van der Waals surface area contributed by atoms with E-state index in [1.165, 1.54) is 6.42 Å². The molecule has 0 unspecified atom stereocenters. The minimum Gasteiger partial charge on any atom is -0.497 e. The molecule has 2 amide bonds. The van der Waals surface area contributed by atoms with Crippen molar-refractivity contribution in [3.05, 3.63) is 65.7 Å². The molecular formula is C28H39N3O4. The van der Waals surface area contributed by atoms with Crippen LogP contribution in [0.1, 0.15) is 49.7 Å². The number of benzene rings is 2. The summed E-state index contributed by atoms with van der Waals surface area (Å²) in [5.41, 5.74) is 2.10. The summed E-state index contributed by atoms with van der Waals surface area (Å²) in [6.07, 6.45) is 4.26. The fourth-order valence-electron chi connectivity index (χ4n) is 4.42. The fourth-order valence-corrected chi connectivity index (χ4v) is 4.42. The monoisotopic (exact) mass is 481 g/mol. The number of hydrogen-bond donors (Lipinski definition) is 3. The van der Waals surface area contributed by atoms with Crippen molar-refractivity contribution in [2.24, 2.45) is 0 Å². The van der Waals surface area contributed by atoms with Crippen molar-refractivity contribution in [3.63, 3.8) is 0 Å². The lowest BCUT2D eigenvalue weighted by Gasteiger charge is -2.27. The van der Waals surface area contributed by atoms with Crippen LogP contribution in [0.25, 0.3) is 0 Å². The van der Waals surface area contributed by atoms with Gasteiger partial charge in [0.2, 0.25) is 11.8 Å². The molecule has 190 valence electrons. The van der Waals surface area contributed by atoms with Crippen LogP contribution in [0.3, 0.4) is 0 Å². The van der Waals surface area contributed by atoms with Crippen molar-refractivity contribution in [2.45, 2.75) is 63.6 Å². The van der Waals surface area contributed by atoms with Crippen LogP contribution in [0.15, 0.2) is 54.6 Å². The van der Waals surface area contributed by atoms with E-state index in [0.717, 1.165) is 42.8 Å². The predicted octanol–water partition coefficient (Wildman–Crippen LogP) is 3.06. The zero-order valence-electron chi connectivity index (χ0n) is 20.7. The average molecular weight is 482 g/mol. The van der Waals surface area contributed by atoms with Gasteiger partial charge in [-0.05, 0) is 55.4 Å². The van der Waals surface area contributed by atoms with Gasteiger partial charge in [-0.3, -0.25) is 9.59 Å². The van der Waals surface area contributed by atoms with Gasteiger partial charge < -0.3 is 25.4 Å². The maximum Gasteiger partial charge on any atom is 0.222 e. The minimum atomic E-state index is -0.764. The summed E-state index contributed by atoms with van der Waals surface area (Å²) >= 11 is 0. The van der Waals surface area contributed by atoms with E-state index in [1.807, 2.05) is 59.5 Å². The zero-order chi connectivity index (χ0) is 24.9. The average Bonchev–Trinajstić information content (AvgIpc) is 2.89. The number of nitrogens with one attached hydrogen (secondary N) is 2. The molecular weight excluding hydrogens is 442 g/mol. The molecule has 7 heteroatoms. The van der Waals surface area contributed by atoms with E-state index in [-0.39, 0.29) is 18.2 Å². The quantitative estimate of drug-likeness (QED) is 0.409. The van der Waals surface area contributed by atoms with Crippen LogP contribution in [0.2, 0.25) is 0 Å². The number of aliphatic hydroxyl groups is 1. The Hall–Kier alpha value is -2.90. The third kappa shape index (κ3) is 9.34. The molecule has 2 aromatic rings. The minimum absolute atomic E-state index is 0.135. The topological polar surface area (TPSA) is 90.9 Å². The van der Waals surface area contributed by atoms with Gasteiger partial charge >= 0.3 is 0 Å². The van der Waals surface area contributed by atoms with Gasteiger partial charge in [0.1, 0.15) is 5.75 Å². The molecule has 0 radical (unpaired) electrons. The molecule has 1 fully saturated rings. The SMILES string of the molecule is COc1cccc(CNC[C@@H](O)[C@H](Cc2ccccc2)NC(=O)CCCC(=O)N2CCCCC2)c1. The van der Waals surface area contributed by atoms with Crippen molar-refractivity contribution in [2.75, 3.05) is 26.7 Å². The number of carbonyl (C=O) groups is 2. The number of amides is 2. The van der Waals surface area contributed by atoms with E-state index in [0.29, 0.717) is 32.4 Å². The lowest BCUT2D eigenvalue weighted by atomic mass is 10.0. The van der Waals surface area contributed by atoms with Crippen LogP contribution in [0, 0.1) is 0 Å². The molecule has 3 N–H and O–H groups in total. The number of rotatable bonds is 13. The van der Waals surface area contributed by atoms with Gasteiger partial charge in [0.15, 0.2) is 0 Å². The number of likely N-dealkylation sites (tertiary alicyclic amines) is 1. The first-order valence-corrected chi connectivity index (χ1v) is 12.7. The van der Waals surface area contributed by atoms with Gasteiger partial charge in [0.05, 0.1) is 19.3 Å². The molecule has 7 nitrogen and oxygen atoms in total. The van der Waals surface area contributed by atoms with Crippen LogP contribution < -0.4 is 15.4 Å². The third-order valence-electron chi connectivity index (χ3n) is 6.43. The number of methoxy groups -OCH3 is 1.